The molecule has 0 atom stereocenters. The summed E-state index contributed by atoms with van der Waals surface area (Å²) in [7, 11) is -10.4. The van der Waals surface area contributed by atoms with Crippen molar-refractivity contribution in [3.8, 4) is 11.1 Å². The quantitative estimate of drug-likeness (QED) is 0.497. The van der Waals surface area contributed by atoms with Crippen molar-refractivity contribution in [2.24, 2.45) is 0 Å². The van der Waals surface area contributed by atoms with E-state index in [4.69, 9.17) is 0 Å². The zero-order valence-corrected chi connectivity index (χ0v) is 13.2. The number of halogens is 7. The maximum atomic E-state index is 13.7. The van der Waals surface area contributed by atoms with Gasteiger partial charge in [-0.05, 0) is 55.2 Å². The molecule has 0 radical (unpaired) electrons. The number of benzene rings is 2. The van der Waals surface area contributed by atoms with Crippen molar-refractivity contribution in [2.75, 3.05) is 0 Å². The minimum atomic E-state index is -10.4. The van der Waals surface area contributed by atoms with Gasteiger partial charge < -0.3 is 0 Å². The van der Waals surface area contributed by atoms with Gasteiger partial charge in [0.1, 0.15) is 11.6 Å². The van der Waals surface area contributed by atoms with Gasteiger partial charge in [-0.25, -0.2) is 8.78 Å². The smallest absolute Gasteiger partial charge is 0.205 e. The average molecular weight is 358 g/mol. The molecule has 2 aromatic rings. The summed E-state index contributed by atoms with van der Waals surface area (Å²) in [4.78, 5) is -3.10. The van der Waals surface area contributed by atoms with E-state index in [1.807, 2.05) is 0 Å². The van der Waals surface area contributed by atoms with Crippen LogP contribution < -0.4 is 0 Å². The Morgan fingerprint density at radius 1 is 0.696 bits per heavy atom. The van der Waals surface area contributed by atoms with Crippen LogP contribution in [-0.4, -0.2) is 0 Å². The fourth-order valence-electron chi connectivity index (χ4n) is 2.71. The van der Waals surface area contributed by atoms with Gasteiger partial charge >= 0.3 is 10.2 Å². The number of hydrogen-bond donors (Lipinski definition) is 0. The van der Waals surface area contributed by atoms with Crippen molar-refractivity contribution in [2.45, 2.75) is 25.7 Å². The van der Waals surface area contributed by atoms with Crippen molar-refractivity contribution in [1.82, 2.24) is 0 Å². The van der Waals surface area contributed by atoms with Gasteiger partial charge in [0.25, 0.3) is 0 Å². The molecule has 2 aromatic carbocycles. The summed E-state index contributed by atoms with van der Waals surface area (Å²) in [5.74, 6) is -4.64. The lowest BCUT2D eigenvalue weighted by atomic mass is 9.94. The molecular weight excluding hydrogens is 345 g/mol. The van der Waals surface area contributed by atoms with E-state index < -0.39 is 26.8 Å². The van der Waals surface area contributed by atoms with Gasteiger partial charge in [0.15, 0.2) is 4.90 Å². The van der Waals surface area contributed by atoms with Gasteiger partial charge in [0.05, 0.1) is 0 Å². The minimum Gasteiger partial charge on any atom is -0.205 e. The topological polar surface area (TPSA) is 0 Å². The molecule has 0 aromatic heterocycles. The van der Waals surface area contributed by atoms with Crippen molar-refractivity contribution < 1.29 is 28.2 Å². The molecule has 0 bridgehead atoms. The summed E-state index contributed by atoms with van der Waals surface area (Å²) >= 11 is 0. The molecule has 0 nitrogen and oxygen atoms in total. The summed E-state index contributed by atoms with van der Waals surface area (Å²) in [5.41, 5.74) is 2.08. The summed E-state index contributed by atoms with van der Waals surface area (Å²) in [6, 6.07) is 3.94. The summed E-state index contributed by atoms with van der Waals surface area (Å²) in [6.45, 7) is 5.01. The van der Waals surface area contributed by atoms with Crippen LogP contribution >= 0.6 is 10.2 Å². The summed E-state index contributed by atoms with van der Waals surface area (Å²) < 4.78 is 91.1. The van der Waals surface area contributed by atoms with E-state index in [1.54, 1.807) is 32.9 Å². The SMILES string of the molecule is Cc1cc(C)c(-c2cc(F)c(S(F)(F)(F)(F)F)c(F)c2)c(C)c1. The fraction of sp³-hybridized carbons (Fsp3) is 0.200. The van der Waals surface area contributed by atoms with Crippen molar-refractivity contribution >= 4 is 10.2 Å². The summed E-state index contributed by atoms with van der Waals surface area (Å²) in [6.07, 6.45) is 0. The lowest BCUT2D eigenvalue weighted by Gasteiger charge is -2.40. The van der Waals surface area contributed by atoms with Crippen molar-refractivity contribution in [1.29, 1.82) is 0 Å². The first-order valence-corrected chi connectivity index (χ1v) is 8.36. The number of hydrogen-bond acceptors (Lipinski definition) is 0. The molecule has 0 N–H and O–H groups in total. The standard InChI is InChI=1S/C15H13F7S/c1-8-4-9(2)14(10(3)5-8)11-6-12(16)15(13(17)7-11)23(18,19,20,21)22/h4-7H,1-3H3. The highest BCUT2D eigenvalue weighted by molar-refractivity contribution is 8.45. The Labute approximate surface area is 128 Å². The molecule has 0 saturated carbocycles. The molecule has 2 rings (SSSR count). The van der Waals surface area contributed by atoms with Gasteiger partial charge in [-0.2, -0.15) is 0 Å². The van der Waals surface area contributed by atoms with Gasteiger partial charge in [-0.15, -0.1) is 0 Å². The average Bonchev–Trinajstić information content (AvgIpc) is 2.21. The molecule has 0 amide bonds. The van der Waals surface area contributed by atoms with E-state index in [1.165, 1.54) is 0 Å². The third-order valence-corrected chi connectivity index (χ3v) is 4.51. The predicted octanol–water partition coefficient (Wildman–Crippen LogP) is 7.21. The van der Waals surface area contributed by atoms with Crippen LogP contribution in [0, 0.1) is 32.4 Å². The van der Waals surface area contributed by atoms with Crippen LogP contribution in [0.15, 0.2) is 29.2 Å². The maximum absolute atomic E-state index is 13.7. The monoisotopic (exact) mass is 358 g/mol. The van der Waals surface area contributed by atoms with Crippen LogP contribution in [0.3, 0.4) is 0 Å². The molecule has 0 spiro atoms. The second-order valence-electron chi connectivity index (χ2n) is 5.51. The Bertz CT molecular complexity index is 761. The molecule has 0 fully saturated rings. The first-order chi connectivity index (χ1) is 10.1. The number of rotatable bonds is 2. The van der Waals surface area contributed by atoms with Crippen molar-refractivity contribution in [3.63, 3.8) is 0 Å². The predicted molar refractivity (Wildman–Crippen MR) is 77.4 cm³/mol. The van der Waals surface area contributed by atoms with E-state index in [0.717, 1.165) is 5.56 Å². The zero-order valence-electron chi connectivity index (χ0n) is 12.4. The molecular formula is C15H13F7S. The van der Waals surface area contributed by atoms with Crippen LogP contribution in [0.5, 0.6) is 0 Å². The second kappa shape index (κ2) is 4.43. The van der Waals surface area contributed by atoms with Crippen molar-refractivity contribution in [3.05, 3.63) is 52.6 Å². The lowest BCUT2D eigenvalue weighted by molar-refractivity contribution is 0.345. The molecule has 0 aliphatic rings. The molecule has 0 aliphatic heterocycles. The Kier molecular flexibility index (Phi) is 3.40. The third kappa shape index (κ3) is 3.46. The maximum Gasteiger partial charge on any atom is 0.315 e. The Balaban J connectivity index is 2.78. The Morgan fingerprint density at radius 2 is 1.09 bits per heavy atom. The van der Waals surface area contributed by atoms with E-state index in [2.05, 4.69) is 0 Å². The van der Waals surface area contributed by atoms with E-state index >= 15 is 0 Å². The number of aryl methyl sites for hydroxylation is 3. The Hall–Kier alpha value is -1.70. The largest absolute Gasteiger partial charge is 0.315 e. The highest BCUT2D eigenvalue weighted by atomic mass is 32.5. The van der Waals surface area contributed by atoms with Crippen LogP contribution in [0.1, 0.15) is 16.7 Å². The molecule has 23 heavy (non-hydrogen) atoms. The molecule has 0 unspecified atom stereocenters. The van der Waals surface area contributed by atoms with Crippen LogP contribution in [0.4, 0.5) is 28.2 Å². The minimum absolute atomic E-state index is 0.222. The third-order valence-electron chi connectivity index (χ3n) is 3.35. The second-order valence-corrected chi connectivity index (χ2v) is 7.86. The van der Waals surface area contributed by atoms with Gasteiger partial charge in [0, 0.05) is 0 Å². The van der Waals surface area contributed by atoms with Gasteiger partial charge in [0.2, 0.25) is 0 Å². The fourth-order valence-corrected chi connectivity index (χ4v) is 3.56. The van der Waals surface area contributed by atoms with E-state index in [-0.39, 0.29) is 5.56 Å². The van der Waals surface area contributed by atoms with Gasteiger partial charge in [-0.3, -0.25) is 0 Å². The highest BCUT2D eigenvalue weighted by Gasteiger charge is 2.68. The normalized spacial score (nSPS) is 15.2. The van der Waals surface area contributed by atoms with E-state index in [0.29, 0.717) is 28.8 Å². The summed E-state index contributed by atoms with van der Waals surface area (Å²) in [5, 5.41) is 0. The van der Waals surface area contributed by atoms with Crippen LogP contribution in [-0.2, 0) is 0 Å². The Morgan fingerprint density at radius 3 is 1.43 bits per heavy atom. The zero-order chi connectivity index (χ0) is 17.9. The molecule has 8 heteroatoms. The first kappa shape index (κ1) is 17.7. The van der Waals surface area contributed by atoms with Gasteiger partial charge in [-0.1, -0.05) is 37.1 Å². The van der Waals surface area contributed by atoms with E-state index in [9.17, 15) is 28.2 Å². The molecule has 0 heterocycles. The molecule has 0 aliphatic carbocycles. The first-order valence-electron chi connectivity index (χ1n) is 6.41. The van der Waals surface area contributed by atoms with Crippen LogP contribution in [0.2, 0.25) is 0 Å². The van der Waals surface area contributed by atoms with Crippen LogP contribution in [0.25, 0.3) is 11.1 Å². The molecule has 0 saturated heterocycles. The lowest BCUT2D eigenvalue weighted by Crippen LogP contribution is -2.11. The highest BCUT2D eigenvalue weighted by Crippen LogP contribution is 3.02. The molecule has 128 valence electrons.